The summed E-state index contributed by atoms with van der Waals surface area (Å²) in [6.45, 7) is 2.13. The predicted octanol–water partition coefficient (Wildman–Crippen LogP) is 1.15. The molecular formula is C13H15NO3. The molecule has 0 spiro atoms. The molecule has 1 fully saturated rings. The van der Waals surface area contributed by atoms with E-state index in [1.807, 2.05) is 12.1 Å². The molecule has 90 valence electrons. The minimum atomic E-state index is -0.742. The van der Waals surface area contributed by atoms with Crippen LogP contribution in [0.5, 0.6) is 0 Å². The summed E-state index contributed by atoms with van der Waals surface area (Å²) >= 11 is 0. The molecule has 0 unspecified atom stereocenters. The number of anilines is 1. The highest BCUT2D eigenvalue weighted by atomic mass is 16.5. The van der Waals surface area contributed by atoms with Crippen LogP contribution in [0.2, 0.25) is 0 Å². The highest BCUT2D eigenvalue weighted by Crippen LogP contribution is 2.34. The Balaban J connectivity index is 1.81. The number of carboxylic acids is 1. The Hall–Kier alpha value is -1.55. The maximum absolute atomic E-state index is 11.3. The number of benzene rings is 1. The van der Waals surface area contributed by atoms with E-state index in [0.717, 1.165) is 13.0 Å². The van der Waals surface area contributed by atoms with E-state index in [1.54, 1.807) is 0 Å². The molecule has 2 aliphatic heterocycles. The Morgan fingerprint density at radius 2 is 2.18 bits per heavy atom. The van der Waals surface area contributed by atoms with Gasteiger partial charge in [0, 0.05) is 18.8 Å². The van der Waals surface area contributed by atoms with Gasteiger partial charge in [0.05, 0.1) is 13.2 Å². The van der Waals surface area contributed by atoms with Crippen molar-refractivity contribution in [1.82, 2.24) is 0 Å². The quantitative estimate of drug-likeness (QED) is 0.851. The monoisotopic (exact) mass is 233 g/mol. The summed E-state index contributed by atoms with van der Waals surface area (Å²) in [6, 6.07) is 8.21. The number of rotatable bonds is 3. The maximum Gasteiger partial charge on any atom is 0.316 e. The number of hydrogen-bond acceptors (Lipinski definition) is 3. The van der Waals surface area contributed by atoms with E-state index in [2.05, 4.69) is 17.0 Å². The first kappa shape index (κ1) is 10.6. The summed E-state index contributed by atoms with van der Waals surface area (Å²) in [5, 5.41) is 9.29. The van der Waals surface area contributed by atoms with E-state index in [0.29, 0.717) is 19.8 Å². The smallest absolute Gasteiger partial charge is 0.316 e. The molecule has 1 aromatic carbocycles. The van der Waals surface area contributed by atoms with Crippen LogP contribution in [0.1, 0.15) is 5.56 Å². The summed E-state index contributed by atoms with van der Waals surface area (Å²) in [6.07, 6.45) is 1.01. The minimum absolute atomic E-state index is 0.334. The van der Waals surface area contributed by atoms with Gasteiger partial charge in [-0.15, -0.1) is 0 Å². The van der Waals surface area contributed by atoms with Crippen molar-refractivity contribution in [2.75, 3.05) is 31.2 Å². The molecule has 0 saturated carbocycles. The molecule has 17 heavy (non-hydrogen) atoms. The third-order valence-corrected chi connectivity index (χ3v) is 3.69. The fourth-order valence-electron chi connectivity index (χ4n) is 2.57. The molecule has 2 heterocycles. The van der Waals surface area contributed by atoms with Crippen LogP contribution in [0, 0.1) is 5.41 Å². The summed E-state index contributed by atoms with van der Waals surface area (Å²) < 4.78 is 5.09. The van der Waals surface area contributed by atoms with Gasteiger partial charge < -0.3 is 14.7 Å². The lowest BCUT2D eigenvalue weighted by Gasteiger charge is -2.40. The van der Waals surface area contributed by atoms with E-state index in [1.165, 1.54) is 11.3 Å². The molecule has 4 heteroatoms. The van der Waals surface area contributed by atoms with Crippen molar-refractivity contribution in [3.63, 3.8) is 0 Å². The third kappa shape index (κ3) is 1.60. The minimum Gasteiger partial charge on any atom is -0.481 e. The Morgan fingerprint density at radius 1 is 1.41 bits per heavy atom. The van der Waals surface area contributed by atoms with E-state index < -0.39 is 11.4 Å². The largest absolute Gasteiger partial charge is 0.481 e. The van der Waals surface area contributed by atoms with Gasteiger partial charge in [0.15, 0.2) is 0 Å². The summed E-state index contributed by atoms with van der Waals surface area (Å²) in [5.41, 5.74) is 1.80. The SMILES string of the molecule is O=C(O)C1(CN2CCc3ccccc32)COC1. The average molecular weight is 233 g/mol. The second-order valence-electron chi connectivity index (χ2n) is 4.88. The molecule has 0 aromatic heterocycles. The summed E-state index contributed by atoms with van der Waals surface area (Å²) in [4.78, 5) is 13.5. The van der Waals surface area contributed by atoms with Gasteiger partial charge in [-0.25, -0.2) is 0 Å². The number of carbonyl (C=O) groups is 1. The molecule has 1 saturated heterocycles. The van der Waals surface area contributed by atoms with Gasteiger partial charge in [0.25, 0.3) is 0 Å². The first-order valence-electron chi connectivity index (χ1n) is 5.85. The van der Waals surface area contributed by atoms with Crippen LogP contribution in [0.25, 0.3) is 0 Å². The second kappa shape index (κ2) is 3.74. The van der Waals surface area contributed by atoms with Gasteiger partial charge in [-0.2, -0.15) is 0 Å². The van der Waals surface area contributed by atoms with Gasteiger partial charge >= 0.3 is 5.97 Å². The van der Waals surface area contributed by atoms with E-state index in [9.17, 15) is 9.90 Å². The molecule has 3 rings (SSSR count). The van der Waals surface area contributed by atoms with Gasteiger partial charge in [0.1, 0.15) is 5.41 Å². The van der Waals surface area contributed by atoms with Crippen molar-refractivity contribution in [3.8, 4) is 0 Å². The van der Waals surface area contributed by atoms with Crippen LogP contribution in [-0.2, 0) is 16.0 Å². The lowest BCUT2D eigenvalue weighted by atomic mass is 9.85. The summed E-state index contributed by atoms with van der Waals surface area (Å²) in [5.74, 6) is -0.742. The molecule has 2 aliphatic rings. The van der Waals surface area contributed by atoms with Crippen molar-refractivity contribution in [2.24, 2.45) is 5.41 Å². The van der Waals surface area contributed by atoms with Crippen molar-refractivity contribution in [2.45, 2.75) is 6.42 Å². The zero-order valence-corrected chi connectivity index (χ0v) is 9.56. The third-order valence-electron chi connectivity index (χ3n) is 3.69. The average Bonchev–Trinajstić information content (AvgIpc) is 2.66. The predicted molar refractivity (Wildman–Crippen MR) is 63.2 cm³/mol. The molecular weight excluding hydrogens is 218 g/mol. The van der Waals surface area contributed by atoms with Crippen molar-refractivity contribution in [3.05, 3.63) is 29.8 Å². The Bertz CT molecular complexity index is 454. The Labute approximate surface area is 99.8 Å². The molecule has 1 N–H and O–H groups in total. The molecule has 0 bridgehead atoms. The Kier molecular flexibility index (Phi) is 2.33. The highest BCUT2D eigenvalue weighted by Gasteiger charge is 2.48. The highest BCUT2D eigenvalue weighted by molar-refractivity contribution is 5.77. The molecule has 0 radical (unpaired) electrons. The fourth-order valence-corrected chi connectivity index (χ4v) is 2.57. The topological polar surface area (TPSA) is 49.8 Å². The lowest BCUT2D eigenvalue weighted by molar-refractivity contribution is -0.177. The van der Waals surface area contributed by atoms with Gasteiger partial charge in [0.2, 0.25) is 0 Å². The van der Waals surface area contributed by atoms with Crippen LogP contribution < -0.4 is 4.90 Å². The van der Waals surface area contributed by atoms with Crippen molar-refractivity contribution < 1.29 is 14.6 Å². The first-order chi connectivity index (χ1) is 8.21. The van der Waals surface area contributed by atoms with Crippen LogP contribution in [0.4, 0.5) is 5.69 Å². The van der Waals surface area contributed by atoms with Gasteiger partial charge in [-0.1, -0.05) is 18.2 Å². The van der Waals surface area contributed by atoms with Gasteiger partial charge in [-0.3, -0.25) is 4.79 Å². The number of para-hydroxylation sites is 1. The van der Waals surface area contributed by atoms with Crippen LogP contribution in [0.15, 0.2) is 24.3 Å². The van der Waals surface area contributed by atoms with E-state index in [-0.39, 0.29) is 0 Å². The lowest BCUT2D eigenvalue weighted by Crippen LogP contribution is -2.55. The number of nitrogens with zero attached hydrogens (tertiary/aromatic N) is 1. The standard InChI is InChI=1S/C13H15NO3/c15-12(16)13(8-17-9-13)7-14-6-5-10-3-1-2-4-11(10)14/h1-4H,5-9H2,(H,15,16). The Morgan fingerprint density at radius 3 is 2.82 bits per heavy atom. The molecule has 0 aliphatic carbocycles. The van der Waals surface area contributed by atoms with Crippen molar-refractivity contribution in [1.29, 1.82) is 0 Å². The number of hydrogen-bond donors (Lipinski definition) is 1. The normalized spacial score (nSPS) is 20.8. The molecule has 1 aromatic rings. The van der Waals surface area contributed by atoms with E-state index >= 15 is 0 Å². The zero-order valence-electron chi connectivity index (χ0n) is 9.56. The maximum atomic E-state index is 11.3. The summed E-state index contributed by atoms with van der Waals surface area (Å²) in [7, 11) is 0. The van der Waals surface area contributed by atoms with E-state index in [4.69, 9.17) is 4.74 Å². The molecule has 0 atom stereocenters. The number of aliphatic carboxylic acids is 1. The van der Waals surface area contributed by atoms with Crippen LogP contribution >= 0.6 is 0 Å². The van der Waals surface area contributed by atoms with Crippen LogP contribution in [-0.4, -0.2) is 37.4 Å². The molecule has 0 amide bonds. The molecule has 4 nitrogen and oxygen atoms in total. The second-order valence-corrected chi connectivity index (χ2v) is 4.88. The fraction of sp³-hybridized carbons (Fsp3) is 0.462. The van der Waals surface area contributed by atoms with Crippen LogP contribution in [0.3, 0.4) is 0 Å². The number of fused-ring (bicyclic) bond motifs is 1. The van der Waals surface area contributed by atoms with Crippen molar-refractivity contribution >= 4 is 11.7 Å². The number of ether oxygens (including phenoxy) is 1. The number of carboxylic acid groups (broad SMARTS) is 1. The first-order valence-corrected chi connectivity index (χ1v) is 5.85. The zero-order chi connectivity index (χ0) is 11.9. The van der Waals surface area contributed by atoms with Gasteiger partial charge in [-0.05, 0) is 18.1 Å².